The van der Waals surface area contributed by atoms with Crippen LogP contribution in [0.1, 0.15) is 29.9 Å². The first-order chi connectivity index (χ1) is 13.9. The van der Waals surface area contributed by atoms with Crippen molar-refractivity contribution in [3.05, 3.63) is 81.8 Å². The highest BCUT2D eigenvalue weighted by atomic mass is 32.1. The van der Waals surface area contributed by atoms with E-state index in [2.05, 4.69) is 27.0 Å². The molecule has 0 bridgehead atoms. The molecule has 4 nitrogen and oxygen atoms in total. The number of carbonyl (C=O) groups is 1. The summed E-state index contributed by atoms with van der Waals surface area (Å²) in [5, 5.41) is 7.98. The largest absolute Gasteiger partial charge is 0.367 e. The fourth-order valence-corrected chi connectivity index (χ4v) is 4.50. The Balaban J connectivity index is 1.37. The first-order valence-corrected chi connectivity index (χ1v) is 10.5. The number of nitrogens with zero attached hydrogens (tertiary/aromatic N) is 1. The number of anilines is 2. The first kappa shape index (κ1) is 19.5. The van der Waals surface area contributed by atoms with E-state index in [0.29, 0.717) is 0 Å². The summed E-state index contributed by atoms with van der Waals surface area (Å²) >= 11 is 1.84. The third-order valence-corrected chi connectivity index (χ3v) is 6.31. The van der Waals surface area contributed by atoms with Crippen molar-refractivity contribution in [3.8, 4) is 0 Å². The molecule has 2 N–H and O–H groups in total. The van der Waals surface area contributed by atoms with Gasteiger partial charge >= 0.3 is 6.03 Å². The van der Waals surface area contributed by atoms with Crippen molar-refractivity contribution in [2.24, 2.45) is 0 Å². The lowest BCUT2D eigenvalue weighted by molar-refractivity contribution is 0.242. The number of benzene rings is 2. The van der Waals surface area contributed by atoms with E-state index < -0.39 is 5.54 Å². The first-order valence-electron chi connectivity index (χ1n) is 9.66. The topological polar surface area (TPSA) is 44.4 Å². The third-order valence-electron chi connectivity index (χ3n) is 5.29. The molecule has 1 aliphatic rings. The molecule has 29 heavy (non-hydrogen) atoms. The summed E-state index contributed by atoms with van der Waals surface area (Å²) in [4.78, 5) is 16.3. The molecule has 6 heteroatoms. The van der Waals surface area contributed by atoms with Gasteiger partial charge in [0.15, 0.2) is 0 Å². The minimum atomic E-state index is -0.621. The van der Waals surface area contributed by atoms with E-state index in [4.69, 9.17) is 0 Å². The number of amides is 2. The highest BCUT2D eigenvalue weighted by Gasteiger charge is 2.23. The maximum absolute atomic E-state index is 13.1. The molecule has 0 saturated heterocycles. The second-order valence-electron chi connectivity index (χ2n) is 7.80. The van der Waals surface area contributed by atoms with E-state index in [-0.39, 0.29) is 11.8 Å². The lowest BCUT2D eigenvalue weighted by Gasteiger charge is -2.29. The number of fused-ring (bicyclic) bond motifs is 1. The Bertz CT molecular complexity index is 996. The minimum absolute atomic E-state index is 0.294. The monoisotopic (exact) mass is 409 g/mol. The van der Waals surface area contributed by atoms with Gasteiger partial charge in [-0.3, -0.25) is 0 Å². The summed E-state index contributed by atoms with van der Waals surface area (Å²) in [7, 11) is 0. The third kappa shape index (κ3) is 4.43. The Hall–Kier alpha value is -2.86. The molecule has 3 aromatic rings. The molecular formula is C23H24FN3OS. The van der Waals surface area contributed by atoms with Crippen molar-refractivity contribution in [2.75, 3.05) is 16.8 Å². The van der Waals surface area contributed by atoms with Crippen LogP contribution in [0.3, 0.4) is 0 Å². The SMILES string of the molecule is CC(C)(NC(=O)Nc1ccc(N2CCc3sccc3C2)cc1)c1ccc(F)cc1. The van der Waals surface area contributed by atoms with Crippen LogP contribution < -0.4 is 15.5 Å². The standard InChI is InChI=1S/C23H24FN3OS/c1-23(2,17-3-5-18(24)6-4-17)26-22(28)25-19-7-9-20(10-8-19)27-13-11-21-16(15-27)12-14-29-21/h3-10,12,14H,11,13,15H2,1-2H3,(H2,25,26,28). The minimum Gasteiger partial charge on any atom is -0.367 e. The molecule has 1 aromatic heterocycles. The smallest absolute Gasteiger partial charge is 0.319 e. The fraction of sp³-hybridized carbons (Fsp3) is 0.261. The van der Waals surface area contributed by atoms with Crippen molar-refractivity contribution < 1.29 is 9.18 Å². The Morgan fingerprint density at radius 3 is 2.52 bits per heavy atom. The van der Waals surface area contributed by atoms with Crippen LogP contribution in [0.5, 0.6) is 0 Å². The molecule has 1 aliphatic heterocycles. The van der Waals surface area contributed by atoms with Crippen LogP contribution in [0.4, 0.5) is 20.6 Å². The van der Waals surface area contributed by atoms with Crippen LogP contribution >= 0.6 is 11.3 Å². The van der Waals surface area contributed by atoms with Gasteiger partial charge in [0.1, 0.15) is 5.82 Å². The summed E-state index contributed by atoms with van der Waals surface area (Å²) in [6, 6.07) is 16.0. The van der Waals surface area contributed by atoms with Crippen LogP contribution in [-0.2, 0) is 18.5 Å². The fourth-order valence-electron chi connectivity index (χ4n) is 3.61. The highest BCUT2D eigenvalue weighted by molar-refractivity contribution is 7.10. The van der Waals surface area contributed by atoms with Gasteiger partial charge in [0.25, 0.3) is 0 Å². The average Bonchev–Trinajstić information content (AvgIpc) is 3.16. The molecule has 2 aromatic carbocycles. The lowest BCUT2D eigenvalue weighted by Crippen LogP contribution is -2.43. The quantitative estimate of drug-likeness (QED) is 0.597. The molecule has 4 rings (SSSR count). The Morgan fingerprint density at radius 1 is 1.07 bits per heavy atom. The number of carbonyl (C=O) groups excluding carboxylic acids is 1. The van der Waals surface area contributed by atoms with Gasteiger partial charge in [-0.2, -0.15) is 0 Å². The molecule has 0 saturated carbocycles. The zero-order valence-electron chi connectivity index (χ0n) is 16.5. The molecule has 0 unspecified atom stereocenters. The number of halogens is 1. The number of urea groups is 1. The molecule has 0 atom stereocenters. The van der Waals surface area contributed by atoms with Gasteiger partial charge in [0.05, 0.1) is 5.54 Å². The van der Waals surface area contributed by atoms with Crippen LogP contribution in [0, 0.1) is 5.82 Å². The van der Waals surface area contributed by atoms with Gasteiger partial charge in [-0.25, -0.2) is 9.18 Å². The van der Waals surface area contributed by atoms with Crippen LogP contribution in [0.15, 0.2) is 60.0 Å². The number of hydrogen-bond acceptors (Lipinski definition) is 3. The number of rotatable bonds is 4. The summed E-state index contributed by atoms with van der Waals surface area (Å²) in [5.41, 5.74) is 3.51. The predicted octanol–water partition coefficient (Wildman–Crippen LogP) is 5.51. The Morgan fingerprint density at radius 2 is 1.79 bits per heavy atom. The van der Waals surface area contributed by atoms with Gasteiger partial charge in [-0.15, -0.1) is 11.3 Å². The van der Waals surface area contributed by atoms with E-state index in [0.717, 1.165) is 36.4 Å². The van der Waals surface area contributed by atoms with Gasteiger partial charge < -0.3 is 15.5 Å². The zero-order valence-corrected chi connectivity index (χ0v) is 17.4. The Kier molecular flexibility index (Phi) is 5.28. The van der Waals surface area contributed by atoms with Crippen molar-refractivity contribution in [1.29, 1.82) is 0 Å². The number of nitrogens with one attached hydrogen (secondary N) is 2. The van der Waals surface area contributed by atoms with Crippen LogP contribution in [-0.4, -0.2) is 12.6 Å². The summed E-state index contributed by atoms with van der Waals surface area (Å²) in [6.07, 6.45) is 1.08. The molecule has 0 spiro atoms. The van der Waals surface area contributed by atoms with E-state index in [1.54, 1.807) is 12.1 Å². The average molecular weight is 410 g/mol. The van der Waals surface area contributed by atoms with Crippen LogP contribution in [0.25, 0.3) is 0 Å². The van der Waals surface area contributed by atoms with Gasteiger partial charge in [-0.05, 0) is 79.2 Å². The normalized spacial score (nSPS) is 13.7. The van der Waals surface area contributed by atoms with Crippen molar-refractivity contribution in [2.45, 2.75) is 32.4 Å². The van der Waals surface area contributed by atoms with Crippen LogP contribution in [0.2, 0.25) is 0 Å². The van der Waals surface area contributed by atoms with Crippen molar-refractivity contribution in [1.82, 2.24) is 5.32 Å². The number of thiophene rings is 1. The maximum Gasteiger partial charge on any atom is 0.319 e. The predicted molar refractivity (Wildman–Crippen MR) is 117 cm³/mol. The lowest BCUT2D eigenvalue weighted by atomic mass is 9.94. The van der Waals surface area contributed by atoms with Gasteiger partial charge in [-0.1, -0.05) is 12.1 Å². The number of hydrogen-bond donors (Lipinski definition) is 2. The molecule has 0 fully saturated rings. The zero-order chi connectivity index (χ0) is 20.4. The van der Waals surface area contributed by atoms with Crippen molar-refractivity contribution >= 4 is 28.7 Å². The van der Waals surface area contributed by atoms with E-state index in [9.17, 15) is 9.18 Å². The second-order valence-corrected chi connectivity index (χ2v) is 8.80. The molecule has 0 radical (unpaired) electrons. The van der Waals surface area contributed by atoms with Gasteiger partial charge in [0.2, 0.25) is 0 Å². The van der Waals surface area contributed by atoms with Crippen molar-refractivity contribution in [3.63, 3.8) is 0 Å². The van der Waals surface area contributed by atoms with Gasteiger partial charge in [0, 0.05) is 29.3 Å². The molecule has 2 heterocycles. The summed E-state index contributed by atoms with van der Waals surface area (Å²) in [5.74, 6) is -0.294. The van der Waals surface area contributed by atoms with E-state index in [1.807, 2.05) is 49.4 Å². The second kappa shape index (κ2) is 7.87. The van der Waals surface area contributed by atoms with E-state index >= 15 is 0 Å². The molecule has 0 aliphatic carbocycles. The highest BCUT2D eigenvalue weighted by Crippen LogP contribution is 2.28. The molecular weight excluding hydrogens is 385 g/mol. The summed E-state index contributed by atoms with van der Waals surface area (Å²) in [6.45, 7) is 5.71. The maximum atomic E-state index is 13.1. The molecule has 2 amide bonds. The Labute approximate surface area is 174 Å². The molecule has 150 valence electrons. The summed E-state index contributed by atoms with van der Waals surface area (Å²) < 4.78 is 13.1. The van der Waals surface area contributed by atoms with E-state index in [1.165, 1.54) is 22.6 Å².